The van der Waals surface area contributed by atoms with Crippen molar-refractivity contribution in [3.05, 3.63) is 47.3 Å². The van der Waals surface area contributed by atoms with Crippen LogP contribution in [0.4, 0.5) is 19.0 Å². The normalized spacial score (nSPS) is 11.6. The van der Waals surface area contributed by atoms with Crippen molar-refractivity contribution in [2.45, 2.75) is 33.0 Å². The highest BCUT2D eigenvalue weighted by atomic mass is 19.4. The number of nitrogens with one attached hydrogen (secondary N) is 2. The van der Waals surface area contributed by atoms with Crippen molar-refractivity contribution in [2.24, 2.45) is 0 Å². The Bertz CT molecular complexity index is 829. The van der Waals surface area contributed by atoms with Crippen LogP contribution in [0.25, 0.3) is 0 Å². The van der Waals surface area contributed by atoms with Gasteiger partial charge in [-0.3, -0.25) is 4.79 Å². The highest BCUT2D eigenvalue weighted by Gasteiger charge is 2.28. The summed E-state index contributed by atoms with van der Waals surface area (Å²) in [6, 6.07) is 5.77. The second kappa shape index (κ2) is 11.0. The Hall–Kier alpha value is -3.17. The summed E-state index contributed by atoms with van der Waals surface area (Å²) in [7, 11) is 1.69. The van der Waals surface area contributed by atoms with Crippen LogP contribution in [0.5, 0.6) is 5.88 Å². The second-order valence-electron chi connectivity index (χ2n) is 5.89. The molecule has 2 rings (SSSR count). The summed E-state index contributed by atoms with van der Waals surface area (Å²) in [5.74, 6) is 0.0799. The Balaban J connectivity index is 0.00000132. The van der Waals surface area contributed by atoms with Gasteiger partial charge in [-0.25, -0.2) is 9.97 Å². The first-order valence-corrected chi connectivity index (χ1v) is 8.62. The van der Waals surface area contributed by atoms with E-state index in [0.717, 1.165) is 6.29 Å². The molecule has 0 saturated carbocycles. The first-order valence-electron chi connectivity index (χ1n) is 8.62. The van der Waals surface area contributed by atoms with E-state index in [4.69, 9.17) is 9.53 Å². The number of alkyl halides is 3. The molecule has 1 amide bonds. The lowest BCUT2D eigenvalue weighted by Crippen LogP contribution is -2.27. The number of amides is 1. The molecule has 2 aromatic heterocycles. The van der Waals surface area contributed by atoms with Gasteiger partial charge in [-0.2, -0.15) is 13.2 Å². The quantitative estimate of drug-likeness (QED) is 0.706. The lowest BCUT2D eigenvalue weighted by atomic mass is 10.1. The maximum absolute atomic E-state index is 12.4. The largest absolute Gasteiger partial charge is 0.468 e. The van der Waals surface area contributed by atoms with Crippen molar-refractivity contribution in [3.8, 4) is 5.88 Å². The van der Waals surface area contributed by atoms with Gasteiger partial charge in [0, 0.05) is 30.6 Å². The van der Waals surface area contributed by atoms with Crippen molar-refractivity contribution >= 4 is 18.0 Å². The number of carbonyl (C=O) groups is 2. The predicted octanol–water partition coefficient (Wildman–Crippen LogP) is 3.46. The van der Waals surface area contributed by atoms with Gasteiger partial charge in [0.25, 0.3) is 5.91 Å². The molecule has 0 aromatic carbocycles. The predicted molar refractivity (Wildman–Crippen MR) is 102 cm³/mol. The van der Waals surface area contributed by atoms with Crippen LogP contribution in [0.15, 0.2) is 30.5 Å². The molecule has 158 valence electrons. The van der Waals surface area contributed by atoms with Crippen molar-refractivity contribution in [2.75, 3.05) is 19.0 Å². The number of anilines is 1. The van der Waals surface area contributed by atoms with Gasteiger partial charge in [-0.05, 0) is 44.5 Å². The lowest BCUT2D eigenvalue weighted by Gasteiger charge is -2.17. The zero-order valence-electron chi connectivity index (χ0n) is 16.5. The maximum atomic E-state index is 12.4. The Morgan fingerprint density at radius 1 is 1.31 bits per heavy atom. The summed E-state index contributed by atoms with van der Waals surface area (Å²) >= 11 is 0. The average Bonchev–Trinajstić information content (AvgIpc) is 2.66. The molecule has 0 radical (unpaired) electrons. The standard InChI is InChI=1S/C17H19F3N4O2.C2H4O/c1-10-6-13(8-15(23-10)26-9-17(18,19)20)11(2)24-16(25)12-4-5-22-14(7-12)21-3;1-2-3/h4-8,11H,9H2,1-3H3,(H,21,22)(H,24,25);2H,1H3. The summed E-state index contributed by atoms with van der Waals surface area (Å²) < 4.78 is 41.6. The van der Waals surface area contributed by atoms with E-state index >= 15 is 0 Å². The molecule has 29 heavy (non-hydrogen) atoms. The second-order valence-corrected chi connectivity index (χ2v) is 5.89. The van der Waals surface area contributed by atoms with Crippen LogP contribution < -0.4 is 15.4 Å². The fraction of sp³-hybridized carbons (Fsp3) is 0.368. The van der Waals surface area contributed by atoms with Crippen molar-refractivity contribution < 1.29 is 27.5 Å². The van der Waals surface area contributed by atoms with Crippen LogP contribution >= 0.6 is 0 Å². The minimum atomic E-state index is -4.45. The first-order chi connectivity index (χ1) is 13.6. The van der Waals surface area contributed by atoms with Crippen LogP contribution in [0, 0.1) is 6.92 Å². The van der Waals surface area contributed by atoms with E-state index in [1.807, 2.05) is 0 Å². The number of hydrogen-bond acceptors (Lipinski definition) is 6. The van der Waals surface area contributed by atoms with Crippen LogP contribution in [0.2, 0.25) is 0 Å². The molecule has 0 aliphatic carbocycles. The van der Waals surface area contributed by atoms with E-state index < -0.39 is 18.8 Å². The van der Waals surface area contributed by atoms with Crippen molar-refractivity contribution in [1.29, 1.82) is 0 Å². The number of aldehydes is 1. The number of pyridine rings is 2. The Labute approximate surface area is 166 Å². The summed E-state index contributed by atoms with van der Waals surface area (Å²) in [4.78, 5) is 29.1. The van der Waals surface area contributed by atoms with Gasteiger partial charge in [0.15, 0.2) is 6.61 Å². The van der Waals surface area contributed by atoms with E-state index in [2.05, 4.69) is 20.6 Å². The number of rotatable bonds is 6. The van der Waals surface area contributed by atoms with Crippen LogP contribution in [0.3, 0.4) is 0 Å². The van der Waals surface area contributed by atoms with Crippen LogP contribution in [-0.2, 0) is 4.79 Å². The summed E-state index contributed by atoms with van der Waals surface area (Å²) in [5.41, 5.74) is 1.49. The highest BCUT2D eigenvalue weighted by Crippen LogP contribution is 2.22. The average molecular weight is 412 g/mol. The Morgan fingerprint density at radius 3 is 2.55 bits per heavy atom. The third kappa shape index (κ3) is 8.58. The van der Waals surface area contributed by atoms with Crippen molar-refractivity contribution in [1.82, 2.24) is 15.3 Å². The molecule has 0 aliphatic heterocycles. The molecule has 2 aromatic rings. The Morgan fingerprint density at radius 2 is 1.97 bits per heavy atom. The minimum Gasteiger partial charge on any atom is -0.468 e. The molecule has 2 N–H and O–H groups in total. The molecule has 0 saturated heterocycles. The molecule has 0 fully saturated rings. The minimum absolute atomic E-state index is 0.139. The van der Waals surface area contributed by atoms with E-state index in [1.54, 1.807) is 39.1 Å². The molecule has 0 bridgehead atoms. The van der Waals surface area contributed by atoms with E-state index in [1.165, 1.54) is 19.2 Å². The summed E-state index contributed by atoms with van der Waals surface area (Å²) in [5, 5.41) is 5.63. The number of ether oxygens (including phenoxy) is 1. The topological polar surface area (TPSA) is 93.2 Å². The third-order valence-electron chi connectivity index (χ3n) is 3.46. The fourth-order valence-electron chi connectivity index (χ4n) is 2.22. The molecular weight excluding hydrogens is 389 g/mol. The van der Waals surface area contributed by atoms with Gasteiger partial charge in [0.05, 0.1) is 6.04 Å². The smallest absolute Gasteiger partial charge is 0.422 e. The van der Waals surface area contributed by atoms with Gasteiger partial charge < -0.3 is 20.2 Å². The zero-order chi connectivity index (χ0) is 22.0. The van der Waals surface area contributed by atoms with E-state index in [-0.39, 0.29) is 11.8 Å². The van der Waals surface area contributed by atoms with E-state index in [0.29, 0.717) is 22.6 Å². The number of halogens is 3. The summed E-state index contributed by atoms with van der Waals surface area (Å²) in [6.07, 6.45) is -2.19. The number of hydrogen-bond donors (Lipinski definition) is 2. The van der Waals surface area contributed by atoms with Gasteiger partial charge >= 0.3 is 6.18 Å². The van der Waals surface area contributed by atoms with Gasteiger partial charge in [0.1, 0.15) is 12.1 Å². The van der Waals surface area contributed by atoms with Crippen molar-refractivity contribution in [3.63, 3.8) is 0 Å². The zero-order valence-corrected chi connectivity index (χ0v) is 16.5. The molecule has 1 unspecified atom stereocenters. The molecule has 7 nitrogen and oxygen atoms in total. The Kier molecular flexibility index (Phi) is 9.04. The summed E-state index contributed by atoms with van der Waals surface area (Å²) in [6.45, 7) is 3.38. The number of nitrogens with zero attached hydrogens (tertiary/aromatic N) is 2. The molecule has 1 atom stereocenters. The number of aryl methyl sites for hydroxylation is 1. The maximum Gasteiger partial charge on any atom is 0.422 e. The fourth-order valence-corrected chi connectivity index (χ4v) is 2.22. The monoisotopic (exact) mass is 412 g/mol. The first kappa shape index (κ1) is 23.9. The van der Waals surface area contributed by atoms with Gasteiger partial charge in [-0.15, -0.1) is 0 Å². The third-order valence-corrected chi connectivity index (χ3v) is 3.46. The molecule has 10 heteroatoms. The van der Waals surface area contributed by atoms with Gasteiger partial charge in [-0.1, -0.05) is 0 Å². The SMILES string of the molecule is CC=O.CNc1cc(C(=O)NC(C)c2cc(C)nc(OCC(F)(F)F)c2)ccn1. The molecule has 2 heterocycles. The molecule has 0 spiro atoms. The molecular formula is C19H23F3N4O3. The number of aromatic nitrogens is 2. The van der Waals surface area contributed by atoms with E-state index in [9.17, 15) is 18.0 Å². The molecule has 0 aliphatic rings. The lowest BCUT2D eigenvalue weighted by molar-refractivity contribution is -0.154. The van der Waals surface area contributed by atoms with Crippen LogP contribution in [-0.4, -0.2) is 42.0 Å². The number of carbonyl (C=O) groups excluding carboxylic acids is 2. The van der Waals surface area contributed by atoms with Crippen LogP contribution in [0.1, 0.15) is 41.5 Å². The van der Waals surface area contributed by atoms with Gasteiger partial charge in [0.2, 0.25) is 5.88 Å². The highest BCUT2D eigenvalue weighted by molar-refractivity contribution is 5.95.